The van der Waals surface area contributed by atoms with Crippen LogP contribution in [0.4, 0.5) is 11.4 Å². The minimum absolute atomic E-state index is 0.0703. The Morgan fingerprint density at radius 2 is 2.13 bits per heavy atom. The molecule has 1 saturated carbocycles. The summed E-state index contributed by atoms with van der Waals surface area (Å²) in [4.78, 5) is 33.0. The summed E-state index contributed by atoms with van der Waals surface area (Å²) in [5.74, 6) is 0.508. The molecule has 2 N–H and O–H groups in total. The number of rotatable bonds is 5. The van der Waals surface area contributed by atoms with E-state index in [1.807, 2.05) is 25.1 Å². The molecule has 2 unspecified atom stereocenters. The first-order chi connectivity index (χ1) is 15.1. The number of nitrogens with one attached hydrogen (secondary N) is 2. The van der Waals surface area contributed by atoms with Crippen molar-refractivity contribution < 1.29 is 14.3 Å². The zero-order valence-electron chi connectivity index (χ0n) is 17.8. The topological polar surface area (TPSA) is 86.8 Å². The smallest absolute Gasteiger partial charge is 0.269 e. The van der Waals surface area contributed by atoms with Gasteiger partial charge in [-0.1, -0.05) is 13.0 Å². The number of ether oxygens (including phenoxy) is 1. The lowest BCUT2D eigenvalue weighted by Gasteiger charge is -2.35. The van der Waals surface area contributed by atoms with E-state index in [1.54, 1.807) is 19.3 Å². The Bertz CT molecular complexity index is 1010. The van der Waals surface area contributed by atoms with Crippen molar-refractivity contribution in [2.24, 2.45) is 0 Å². The van der Waals surface area contributed by atoms with Gasteiger partial charge in [-0.3, -0.25) is 14.5 Å². The fourth-order valence-corrected chi connectivity index (χ4v) is 4.60. The molecule has 31 heavy (non-hydrogen) atoms. The van der Waals surface area contributed by atoms with E-state index < -0.39 is 6.10 Å². The van der Waals surface area contributed by atoms with Crippen LogP contribution in [-0.4, -0.2) is 60.0 Å². The number of piperazine rings is 1. The Morgan fingerprint density at radius 1 is 1.26 bits per heavy atom. The largest absolute Gasteiger partial charge is 0.478 e. The second-order valence-electron chi connectivity index (χ2n) is 8.35. The summed E-state index contributed by atoms with van der Waals surface area (Å²) in [6.07, 6.45) is 3.18. The van der Waals surface area contributed by atoms with Crippen molar-refractivity contribution in [3.05, 3.63) is 47.8 Å². The van der Waals surface area contributed by atoms with Crippen LogP contribution >= 0.6 is 0 Å². The second-order valence-corrected chi connectivity index (χ2v) is 8.35. The van der Waals surface area contributed by atoms with E-state index in [-0.39, 0.29) is 11.8 Å². The van der Waals surface area contributed by atoms with Crippen LogP contribution in [0.15, 0.2) is 36.5 Å². The summed E-state index contributed by atoms with van der Waals surface area (Å²) < 4.78 is 5.80. The van der Waals surface area contributed by atoms with Crippen LogP contribution < -0.4 is 20.3 Å². The van der Waals surface area contributed by atoms with Gasteiger partial charge in [-0.25, -0.2) is 4.98 Å². The molecule has 2 fully saturated rings. The van der Waals surface area contributed by atoms with Gasteiger partial charge in [0.05, 0.1) is 17.6 Å². The van der Waals surface area contributed by atoms with Crippen molar-refractivity contribution in [3.8, 4) is 5.75 Å². The van der Waals surface area contributed by atoms with E-state index in [4.69, 9.17) is 4.74 Å². The van der Waals surface area contributed by atoms with Gasteiger partial charge in [0.1, 0.15) is 11.4 Å². The van der Waals surface area contributed by atoms with E-state index in [0.717, 1.165) is 43.2 Å². The van der Waals surface area contributed by atoms with Gasteiger partial charge >= 0.3 is 0 Å². The van der Waals surface area contributed by atoms with E-state index in [1.165, 1.54) is 5.56 Å². The molecule has 3 heterocycles. The van der Waals surface area contributed by atoms with Gasteiger partial charge in [0.2, 0.25) is 0 Å². The van der Waals surface area contributed by atoms with Crippen molar-refractivity contribution in [3.63, 3.8) is 0 Å². The number of pyridine rings is 1. The van der Waals surface area contributed by atoms with Gasteiger partial charge in [-0.15, -0.1) is 0 Å². The van der Waals surface area contributed by atoms with Crippen LogP contribution in [0, 0.1) is 0 Å². The number of aromatic nitrogens is 1. The summed E-state index contributed by atoms with van der Waals surface area (Å²) in [5, 5.41) is 5.58. The van der Waals surface area contributed by atoms with Crippen molar-refractivity contribution in [2.75, 3.05) is 30.4 Å². The van der Waals surface area contributed by atoms with Gasteiger partial charge in [0.25, 0.3) is 11.8 Å². The molecule has 1 aliphatic carbocycles. The molecule has 0 spiro atoms. The Hall–Kier alpha value is -3.13. The van der Waals surface area contributed by atoms with E-state index in [2.05, 4.69) is 31.5 Å². The fraction of sp³-hybridized carbons (Fsp3) is 0.435. The highest BCUT2D eigenvalue weighted by Crippen LogP contribution is 2.40. The minimum Gasteiger partial charge on any atom is -0.478 e. The summed E-state index contributed by atoms with van der Waals surface area (Å²) >= 11 is 0. The van der Waals surface area contributed by atoms with Crippen molar-refractivity contribution in [1.82, 2.24) is 15.2 Å². The number of anilines is 2. The lowest BCUT2D eigenvalue weighted by atomic mass is 10.1. The molecule has 5 rings (SSSR count). The predicted molar refractivity (Wildman–Crippen MR) is 117 cm³/mol. The zero-order chi connectivity index (χ0) is 21.5. The summed E-state index contributed by atoms with van der Waals surface area (Å²) in [6.45, 7) is 4.67. The van der Waals surface area contributed by atoms with Crippen LogP contribution in [0.3, 0.4) is 0 Å². The first-order valence-corrected chi connectivity index (χ1v) is 10.9. The Morgan fingerprint density at radius 3 is 2.87 bits per heavy atom. The van der Waals surface area contributed by atoms with Crippen LogP contribution in [0.25, 0.3) is 0 Å². The van der Waals surface area contributed by atoms with Crippen LogP contribution in [-0.2, 0) is 11.3 Å². The molecule has 2 aliphatic heterocycles. The Labute approximate surface area is 181 Å². The number of hydrogen-bond acceptors (Lipinski definition) is 6. The molecular weight excluding hydrogens is 394 g/mol. The molecule has 3 atom stereocenters. The minimum atomic E-state index is -0.404. The first-order valence-electron chi connectivity index (χ1n) is 10.9. The quantitative estimate of drug-likeness (QED) is 0.768. The molecule has 8 heteroatoms. The molecule has 1 saturated heterocycles. The van der Waals surface area contributed by atoms with Crippen LogP contribution in [0.5, 0.6) is 5.75 Å². The maximum Gasteiger partial charge on any atom is 0.269 e. The Kier molecular flexibility index (Phi) is 5.02. The van der Waals surface area contributed by atoms with E-state index >= 15 is 0 Å². The molecule has 1 aromatic heterocycles. The average molecular weight is 422 g/mol. The van der Waals surface area contributed by atoms with Gasteiger partial charge in [-0.2, -0.15) is 0 Å². The van der Waals surface area contributed by atoms with Crippen molar-refractivity contribution in [2.45, 2.75) is 44.5 Å². The first kappa shape index (κ1) is 19.8. The maximum absolute atomic E-state index is 12.1. The number of carbonyl (C=O) groups is 2. The second kappa shape index (κ2) is 7.85. The lowest BCUT2D eigenvalue weighted by Crippen LogP contribution is -2.46. The molecule has 2 aromatic rings. The highest BCUT2D eigenvalue weighted by molar-refractivity contribution is 5.97. The summed E-state index contributed by atoms with van der Waals surface area (Å²) in [6, 6.07) is 10.8. The monoisotopic (exact) mass is 421 g/mol. The molecular formula is C23H27N5O3. The van der Waals surface area contributed by atoms with Gasteiger partial charge in [0, 0.05) is 38.8 Å². The molecule has 0 radical (unpaired) electrons. The molecule has 2 amide bonds. The van der Waals surface area contributed by atoms with E-state index in [9.17, 15) is 9.59 Å². The van der Waals surface area contributed by atoms with E-state index in [0.29, 0.717) is 24.2 Å². The third-order valence-corrected chi connectivity index (χ3v) is 6.38. The van der Waals surface area contributed by atoms with Crippen molar-refractivity contribution in [1.29, 1.82) is 0 Å². The summed E-state index contributed by atoms with van der Waals surface area (Å²) in [5.41, 5.74) is 3.44. The highest BCUT2D eigenvalue weighted by Gasteiger charge is 2.48. The van der Waals surface area contributed by atoms with Gasteiger partial charge in [0.15, 0.2) is 6.10 Å². The average Bonchev–Trinajstić information content (AvgIpc) is 3.60. The highest BCUT2D eigenvalue weighted by atomic mass is 16.5. The molecule has 1 aromatic carbocycles. The van der Waals surface area contributed by atoms with Crippen LogP contribution in [0.1, 0.15) is 35.8 Å². The normalized spacial score (nSPS) is 24.5. The predicted octanol–water partition coefficient (Wildman–Crippen LogP) is 2.01. The SMILES string of the molecule is CC[C@@H]1Oc2ccc(CN3CCN(c4ccc(C(=O)NC)nc4)C4CC43)cc2NC1=O. The Balaban J connectivity index is 1.23. The number of benzene rings is 1. The zero-order valence-corrected chi connectivity index (χ0v) is 17.8. The summed E-state index contributed by atoms with van der Waals surface area (Å²) in [7, 11) is 1.61. The molecule has 8 nitrogen and oxygen atoms in total. The van der Waals surface area contributed by atoms with Crippen molar-refractivity contribution >= 4 is 23.2 Å². The van der Waals surface area contributed by atoms with Crippen LogP contribution in [0.2, 0.25) is 0 Å². The number of nitrogens with zero attached hydrogens (tertiary/aromatic N) is 3. The van der Waals surface area contributed by atoms with Gasteiger partial charge in [-0.05, 0) is 42.7 Å². The number of amides is 2. The molecule has 3 aliphatic rings. The third kappa shape index (κ3) is 3.72. The number of hydrogen-bond donors (Lipinski definition) is 2. The fourth-order valence-electron chi connectivity index (χ4n) is 4.60. The maximum atomic E-state index is 12.1. The lowest BCUT2D eigenvalue weighted by molar-refractivity contribution is -0.123. The number of fused-ring (bicyclic) bond motifs is 2. The molecule has 0 bridgehead atoms. The van der Waals surface area contributed by atoms with Gasteiger partial charge < -0.3 is 20.3 Å². The molecule has 162 valence electrons. The standard InChI is InChI=1S/C23H27N5O3/c1-3-20-23(30)26-17-10-14(4-7-21(17)31-20)13-27-8-9-28(19-11-18(19)27)15-5-6-16(25-12-15)22(29)24-2/h4-7,10,12,18-20H,3,8-9,11,13H2,1-2H3,(H,24,29)(H,26,30)/t18?,19?,20-/m0/s1. The number of carbonyl (C=O) groups excluding carboxylic acids is 2. The third-order valence-electron chi connectivity index (χ3n) is 6.38.